The summed E-state index contributed by atoms with van der Waals surface area (Å²) in [5.74, 6) is 0. The standard InChI is InChI=1S/C16H16N4O2S/c17-11-9-20(10-11)12-6-7-15-14(8-12)16(19-18-15)23(21,22)13-4-2-1-3-5-13/h1-8,11H,9-10,17H2,(H,18,19). The molecule has 0 atom stereocenters. The maximum atomic E-state index is 12.8. The first kappa shape index (κ1) is 14.2. The van der Waals surface area contributed by atoms with Crippen molar-refractivity contribution in [2.45, 2.75) is 16.0 Å². The summed E-state index contributed by atoms with van der Waals surface area (Å²) < 4.78 is 25.6. The highest BCUT2D eigenvalue weighted by molar-refractivity contribution is 7.91. The first-order chi connectivity index (χ1) is 11.1. The number of rotatable bonds is 3. The van der Waals surface area contributed by atoms with Gasteiger partial charge in [0, 0.05) is 30.2 Å². The fourth-order valence-electron chi connectivity index (χ4n) is 2.81. The summed E-state index contributed by atoms with van der Waals surface area (Å²) in [6.07, 6.45) is 0. The second-order valence-electron chi connectivity index (χ2n) is 5.74. The monoisotopic (exact) mass is 328 g/mol. The Bertz CT molecular complexity index is 960. The number of aromatic nitrogens is 2. The highest BCUT2D eigenvalue weighted by Gasteiger charge is 2.26. The number of benzene rings is 2. The molecule has 4 rings (SSSR count). The van der Waals surface area contributed by atoms with Crippen molar-refractivity contribution in [3.8, 4) is 0 Å². The smallest absolute Gasteiger partial charge is 0.226 e. The molecule has 3 N–H and O–H groups in total. The molecule has 1 aliphatic rings. The van der Waals surface area contributed by atoms with Gasteiger partial charge in [-0.15, -0.1) is 0 Å². The van der Waals surface area contributed by atoms with E-state index in [-0.39, 0.29) is 16.0 Å². The molecule has 0 amide bonds. The minimum Gasteiger partial charge on any atom is -0.368 e. The Morgan fingerprint density at radius 3 is 2.57 bits per heavy atom. The van der Waals surface area contributed by atoms with Gasteiger partial charge in [-0.1, -0.05) is 18.2 Å². The van der Waals surface area contributed by atoms with Gasteiger partial charge in [0.15, 0.2) is 5.03 Å². The van der Waals surface area contributed by atoms with Gasteiger partial charge >= 0.3 is 0 Å². The van der Waals surface area contributed by atoms with Crippen LogP contribution in [0.15, 0.2) is 58.5 Å². The van der Waals surface area contributed by atoms with Gasteiger partial charge in [0.2, 0.25) is 9.84 Å². The number of hydrogen-bond acceptors (Lipinski definition) is 5. The Kier molecular flexibility index (Phi) is 3.14. The van der Waals surface area contributed by atoms with Crippen LogP contribution in [0.3, 0.4) is 0 Å². The fraction of sp³-hybridized carbons (Fsp3) is 0.188. The quantitative estimate of drug-likeness (QED) is 0.761. The van der Waals surface area contributed by atoms with Crippen molar-refractivity contribution < 1.29 is 8.42 Å². The predicted octanol–water partition coefficient (Wildman–Crippen LogP) is 1.54. The zero-order chi connectivity index (χ0) is 16.0. The zero-order valence-electron chi connectivity index (χ0n) is 12.3. The summed E-state index contributed by atoms with van der Waals surface area (Å²) in [5, 5.41) is 7.51. The van der Waals surface area contributed by atoms with Crippen LogP contribution < -0.4 is 10.6 Å². The van der Waals surface area contributed by atoms with Crippen LogP contribution in [0.1, 0.15) is 0 Å². The van der Waals surface area contributed by atoms with Gasteiger partial charge in [-0.25, -0.2) is 8.42 Å². The zero-order valence-corrected chi connectivity index (χ0v) is 13.1. The number of anilines is 1. The largest absolute Gasteiger partial charge is 0.368 e. The van der Waals surface area contributed by atoms with Crippen LogP contribution in [-0.2, 0) is 9.84 Å². The highest BCUT2D eigenvalue weighted by Crippen LogP contribution is 2.30. The molecule has 6 nitrogen and oxygen atoms in total. The molecule has 23 heavy (non-hydrogen) atoms. The van der Waals surface area contributed by atoms with E-state index in [1.807, 2.05) is 18.2 Å². The van der Waals surface area contributed by atoms with E-state index in [4.69, 9.17) is 5.73 Å². The van der Waals surface area contributed by atoms with E-state index in [1.165, 1.54) is 0 Å². The number of nitrogens with one attached hydrogen (secondary N) is 1. The predicted molar refractivity (Wildman–Crippen MR) is 88.2 cm³/mol. The summed E-state index contributed by atoms with van der Waals surface area (Å²) in [4.78, 5) is 2.36. The van der Waals surface area contributed by atoms with Gasteiger partial charge in [0.1, 0.15) is 0 Å². The second-order valence-corrected chi connectivity index (χ2v) is 7.61. The molecule has 0 spiro atoms. The van der Waals surface area contributed by atoms with Crippen LogP contribution in [0.2, 0.25) is 0 Å². The molecular formula is C16H16N4O2S. The average Bonchev–Trinajstić information content (AvgIpc) is 2.96. The summed E-state index contributed by atoms with van der Waals surface area (Å²) in [7, 11) is -3.65. The lowest BCUT2D eigenvalue weighted by molar-refractivity contribution is 0.520. The molecule has 3 aromatic rings. The third-order valence-electron chi connectivity index (χ3n) is 4.09. The molecule has 0 bridgehead atoms. The molecule has 0 unspecified atom stereocenters. The van der Waals surface area contributed by atoms with Crippen LogP contribution in [0, 0.1) is 0 Å². The van der Waals surface area contributed by atoms with E-state index in [1.54, 1.807) is 30.3 Å². The molecule has 1 fully saturated rings. The Morgan fingerprint density at radius 1 is 1.13 bits per heavy atom. The molecule has 7 heteroatoms. The SMILES string of the molecule is NC1CN(c2ccc3[nH]nc(S(=O)(=O)c4ccccc4)c3c2)C1. The third kappa shape index (κ3) is 2.29. The fourth-order valence-corrected chi connectivity index (χ4v) is 4.18. The van der Waals surface area contributed by atoms with E-state index >= 15 is 0 Å². The van der Waals surface area contributed by atoms with E-state index in [0.29, 0.717) is 10.9 Å². The van der Waals surface area contributed by atoms with Crippen molar-refractivity contribution in [1.29, 1.82) is 0 Å². The van der Waals surface area contributed by atoms with Crippen molar-refractivity contribution in [2.24, 2.45) is 5.73 Å². The van der Waals surface area contributed by atoms with Gasteiger partial charge in [-0.3, -0.25) is 5.10 Å². The molecule has 1 aromatic heterocycles. The van der Waals surface area contributed by atoms with Gasteiger partial charge in [0.25, 0.3) is 0 Å². The number of nitrogens with zero attached hydrogens (tertiary/aromatic N) is 2. The van der Waals surface area contributed by atoms with Crippen LogP contribution in [0.4, 0.5) is 5.69 Å². The summed E-state index contributed by atoms with van der Waals surface area (Å²) in [5.41, 5.74) is 7.48. The van der Waals surface area contributed by atoms with Crippen LogP contribution >= 0.6 is 0 Å². The molecule has 1 saturated heterocycles. The van der Waals surface area contributed by atoms with E-state index < -0.39 is 9.84 Å². The second kappa shape index (κ2) is 5.07. The van der Waals surface area contributed by atoms with Gasteiger partial charge in [-0.2, -0.15) is 5.10 Å². The third-order valence-corrected chi connectivity index (χ3v) is 5.81. The first-order valence-electron chi connectivity index (χ1n) is 7.34. The average molecular weight is 328 g/mol. The number of fused-ring (bicyclic) bond motifs is 1. The molecule has 2 aromatic carbocycles. The van der Waals surface area contributed by atoms with Crippen LogP contribution in [0.5, 0.6) is 0 Å². The lowest BCUT2D eigenvalue weighted by Crippen LogP contribution is -2.55. The molecular weight excluding hydrogens is 312 g/mol. The number of hydrogen-bond donors (Lipinski definition) is 2. The normalized spacial score (nSPS) is 15.8. The summed E-state index contributed by atoms with van der Waals surface area (Å²) in [6, 6.07) is 14.2. The first-order valence-corrected chi connectivity index (χ1v) is 8.83. The van der Waals surface area contributed by atoms with Crippen LogP contribution in [0.25, 0.3) is 10.9 Å². The summed E-state index contributed by atoms with van der Waals surface area (Å²) >= 11 is 0. The lowest BCUT2D eigenvalue weighted by atomic mass is 10.1. The maximum absolute atomic E-state index is 12.8. The Labute approximate surface area is 133 Å². The van der Waals surface area contributed by atoms with Crippen molar-refractivity contribution in [3.63, 3.8) is 0 Å². The molecule has 0 radical (unpaired) electrons. The number of sulfone groups is 1. The van der Waals surface area contributed by atoms with Crippen molar-refractivity contribution in [3.05, 3.63) is 48.5 Å². The Balaban J connectivity index is 1.83. The molecule has 1 aliphatic heterocycles. The van der Waals surface area contributed by atoms with Crippen molar-refractivity contribution in [2.75, 3.05) is 18.0 Å². The van der Waals surface area contributed by atoms with E-state index in [2.05, 4.69) is 15.1 Å². The summed E-state index contributed by atoms with van der Waals surface area (Å²) in [6.45, 7) is 1.56. The minimum atomic E-state index is -3.65. The number of aromatic amines is 1. The number of H-pyrrole nitrogens is 1. The minimum absolute atomic E-state index is 0.0605. The van der Waals surface area contributed by atoms with E-state index in [9.17, 15) is 8.42 Å². The molecule has 0 saturated carbocycles. The molecule has 0 aliphatic carbocycles. The van der Waals surface area contributed by atoms with Crippen molar-refractivity contribution >= 4 is 26.4 Å². The van der Waals surface area contributed by atoms with Gasteiger partial charge in [-0.05, 0) is 30.3 Å². The van der Waals surface area contributed by atoms with Gasteiger partial charge < -0.3 is 10.6 Å². The Hall–Kier alpha value is -2.38. The van der Waals surface area contributed by atoms with Crippen LogP contribution in [-0.4, -0.2) is 37.7 Å². The molecule has 2 heterocycles. The number of nitrogens with two attached hydrogens (primary N) is 1. The molecule has 118 valence electrons. The topological polar surface area (TPSA) is 92.1 Å². The van der Waals surface area contributed by atoms with Crippen molar-refractivity contribution in [1.82, 2.24) is 10.2 Å². The highest BCUT2D eigenvalue weighted by atomic mass is 32.2. The van der Waals surface area contributed by atoms with Gasteiger partial charge in [0.05, 0.1) is 10.4 Å². The van der Waals surface area contributed by atoms with E-state index in [0.717, 1.165) is 18.8 Å². The Morgan fingerprint density at radius 2 is 1.87 bits per heavy atom. The maximum Gasteiger partial charge on any atom is 0.226 e. The lowest BCUT2D eigenvalue weighted by Gasteiger charge is -2.38.